The Morgan fingerprint density at radius 2 is 1.53 bits per heavy atom. The lowest BCUT2D eigenvalue weighted by atomic mass is 9.82. The standard InChI is InChI=1S/C25H34F3N5O4S/c26-25(27,28)38(36,37)20-5-1-16(2-6-20)3-8-23(34)32-11-9-18-14-33(15-19(18)10-12-32)24(35)17-4-7-21-22(13-17)30-31-29-21/h1-2,5-6,17-19,21-22,29-31H,3-4,7-15H2/t17?,18-,19+,21?,22?. The molecule has 5 atom stereocenters. The van der Waals surface area contributed by atoms with Crippen molar-refractivity contribution < 1.29 is 31.2 Å². The number of rotatable bonds is 5. The molecule has 38 heavy (non-hydrogen) atoms. The van der Waals surface area contributed by atoms with Gasteiger partial charge in [-0.05, 0) is 68.1 Å². The third-order valence-corrected chi connectivity index (χ3v) is 10.2. The highest BCUT2D eigenvalue weighted by atomic mass is 32.2. The number of fused-ring (bicyclic) bond motifs is 2. The van der Waals surface area contributed by atoms with Gasteiger partial charge < -0.3 is 9.80 Å². The maximum Gasteiger partial charge on any atom is 0.501 e. The van der Waals surface area contributed by atoms with E-state index in [9.17, 15) is 31.2 Å². The summed E-state index contributed by atoms with van der Waals surface area (Å²) in [4.78, 5) is 29.2. The lowest BCUT2D eigenvalue weighted by Crippen LogP contribution is -2.45. The first-order valence-electron chi connectivity index (χ1n) is 13.3. The third kappa shape index (κ3) is 5.56. The van der Waals surface area contributed by atoms with Crippen LogP contribution < -0.4 is 16.4 Å². The van der Waals surface area contributed by atoms with Gasteiger partial charge in [-0.1, -0.05) is 12.1 Å². The van der Waals surface area contributed by atoms with Gasteiger partial charge in [-0.25, -0.2) is 19.3 Å². The number of aryl methyl sites for hydroxylation is 1. The van der Waals surface area contributed by atoms with Crippen LogP contribution in [0.1, 0.15) is 44.1 Å². The molecule has 4 aliphatic rings. The van der Waals surface area contributed by atoms with Gasteiger partial charge in [0.2, 0.25) is 11.8 Å². The van der Waals surface area contributed by atoms with Crippen molar-refractivity contribution in [3.8, 4) is 0 Å². The summed E-state index contributed by atoms with van der Waals surface area (Å²) >= 11 is 0. The molecule has 9 nitrogen and oxygen atoms in total. The minimum atomic E-state index is -5.38. The molecule has 2 amide bonds. The summed E-state index contributed by atoms with van der Waals surface area (Å²) in [5.74, 6) is 1.04. The smallest absolute Gasteiger partial charge is 0.343 e. The van der Waals surface area contributed by atoms with E-state index < -0.39 is 20.2 Å². The number of likely N-dealkylation sites (tertiary alicyclic amines) is 2. The van der Waals surface area contributed by atoms with Crippen LogP contribution in [0.25, 0.3) is 0 Å². The molecule has 3 N–H and O–H groups in total. The lowest BCUT2D eigenvalue weighted by molar-refractivity contribution is -0.136. The maximum atomic E-state index is 13.2. The Kier molecular flexibility index (Phi) is 7.73. The Balaban J connectivity index is 1.09. The number of nitrogens with one attached hydrogen (secondary N) is 3. The summed E-state index contributed by atoms with van der Waals surface area (Å²) in [5.41, 5.74) is 4.64. The Morgan fingerprint density at radius 1 is 0.895 bits per heavy atom. The van der Waals surface area contributed by atoms with Crippen molar-refractivity contribution in [1.29, 1.82) is 0 Å². The molecule has 0 radical (unpaired) electrons. The number of amides is 2. The zero-order valence-electron chi connectivity index (χ0n) is 21.0. The van der Waals surface area contributed by atoms with Crippen LogP contribution in [0.15, 0.2) is 29.2 Å². The zero-order valence-corrected chi connectivity index (χ0v) is 21.9. The van der Waals surface area contributed by atoms with Crippen LogP contribution in [0.5, 0.6) is 0 Å². The van der Waals surface area contributed by atoms with E-state index in [0.717, 1.165) is 57.3 Å². The van der Waals surface area contributed by atoms with Gasteiger partial charge >= 0.3 is 5.51 Å². The van der Waals surface area contributed by atoms with Crippen molar-refractivity contribution >= 4 is 21.7 Å². The molecule has 210 valence electrons. The number of hydrazine groups is 2. The second-order valence-corrected chi connectivity index (χ2v) is 12.9. The molecule has 0 spiro atoms. The molecular weight excluding hydrogens is 523 g/mol. The quantitative estimate of drug-likeness (QED) is 0.506. The van der Waals surface area contributed by atoms with Crippen LogP contribution in [0.4, 0.5) is 13.2 Å². The molecule has 1 aliphatic carbocycles. The molecule has 3 saturated heterocycles. The highest BCUT2D eigenvalue weighted by Crippen LogP contribution is 2.35. The second-order valence-electron chi connectivity index (χ2n) is 11.0. The normalized spacial score (nSPS) is 30.0. The number of nitrogens with zero attached hydrogens (tertiary/aromatic N) is 2. The fraction of sp³-hybridized carbons (Fsp3) is 0.680. The minimum Gasteiger partial charge on any atom is -0.343 e. The predicted molar refractivity (Wildman–Crippen MR) is 132 cm³/mol. The first-order valence-corrected chi connectivity index (χ1v) is 14.7. The predicted octanol–water partition coefficient (Wildman–Crippen LogP) is 1.76. The van der Waals surface area contributed by atoms with Gasteiger partial charge in [0, 0.05) is 50.6 Å². The van der Waals surface area contributed by atoms with E-state index in [1.807, 2.05) is 9.80 Å². The summed E-state index contributed by atoms with van der Waals surface area (Å²) in [6, 6.07) is 5.17. The highest BCUT2D eigenvalue weighted by molar-refractivity contribution is 7.92. The van der Waals surface area contributed by atoms with Crippen molar-refractivity contribution in [3.63, 3.8) is 0 Å². The van der Waals surface area contributed by atoms with E-state index >= 15 is 0 Å². The number of carbonyl (C=O) groups excluding carboxylic acids is 2. The largest absolute Gasteiger partial charge is 0.501 e. The minimum absolute atomic E-state index is 0.0204. The van der Waals surface area contributed by atoms with Crippen LogP contribution in [-0.4, -0.2) is 73.8 Å². The zero-order chi connectivity index (χ0) is 27.1. The molecule has 3 unspecified atom stereocenters. The molecule has 0 aromatic heterocycles. The van der Waals surface area contributed by atoms with E-state index in [2.05, 4.69) is 16.4 Å². The molecule has 0 bridgehead atoms. The summed E-state index contributed by atoms with van der Waals surface area (Å²) in [6.45, 7) is 2.74. The lowest BCUT2D eigenvalue weighted by Gasteiger charge is -2.32. The number of carbonyl (C=O) groups is 2. The Labute approximate surface area is 220 Å². The second kappa shape index (κ2) is 10.7. The SMILES string of the molecule is O=C(CCc1ccc(S(=O)(=O)C(F)(F)F)cc1)N1CC[C@@H]2CN(C(=O)C3CCC4NNNC4C3)C[C@@H]2CC1. The van der Waals surface area contributed by atoms with Crippen molar-refractivity contribution in [2.45, 2.75) is 67.4 Å². The molecule has 13 heteroatoms. The first kappa shape index (κ1) is 27.4. The monoisotopic (exact) mass is 557 g/mol. The van der Waals surface area contributed by atoms with Crippen molar-refractivity contribution in [1.82, 2.24) is 26.2 Å². The van der Waals surface area contributed by atoms with Crippen LogP contribution in [-0.2, 0) is 25.8 Å². The first-order chi connectivity index (χ1) is 18.0. The van der Waals surface area contributed by atoms with Gasteiger partial charge in [0.05, 0.1) is 4.90 Å². The van der Waals surface area contributed by atoms with Gasteiger partial charge in [0.15, 0.2) is 0 Å². The van der Waals surface area contributed by atoms with Crippen LogP contribution in [0.2, 0.25) is 0 Å². The molecule has 1 aromatic carbocycles. The topological polar surface area (TPSA) is 111 Å². The van der Waals surface area contributed by atoms with Crippen LogP contribution in [0.3, 0.4) is 0 Å². The van der Waals surface area contributed by atoms with Gasteiger partial charge in [-0.3, -0.25) is 9.59 Å². The molecule has 1 aromatic rings. The third-order valence-electron chi connectivity index (χ3n) is 8.66. The highest BCUT2D eigenvalue weighted by Gasteiger charge is 2.47. The van der Waals surface area contributed by atoms with E-state index in [0.29, 0.717) is 43.0 Å². The molecule has 5 rings (SSSR count). The molecule has 4 fully saturated rings. The Bertz CT molecular complexity index is 1130. The van der Waals surface area contributed by atoms with E-state index in [4.69, 9.17) is 0 Å². The Morgan fingerprint density at radius 3 is 2.16 bits per heavy atom. The molecule has 1 saturated carbocycles. The van der Waals surface area contributed by atoms with Crippen LogP contribution >= 0.6 is 0 Å². The van der Waals surface area contributed by atoms with E-state index in [1.165, 1.54) is 12.1 Å². The number of benzene rings is 1. The van der Waals surface area contributed by atoms with Gasteiger partial charge in [-0.2, -0.15) is 18.7 Å². The van der Waals surface area contributed by atoms with Crippen molar-refractivity contribution in [2.75, 3.05) is 26.2 Å². The number of hydrogen-bond donors (Lipinski definition) is 3. The summed E-state index contributed by atoms with van der Waals surface area (Å²) in [7, 11) is -5.38. The van der Waals surface area contributed by atoms with Crippen molar-refractivity contribution in [2.24, 2.45) is 17.8 Å². The average Bonchev–Trinajstić information content (AvgIpc) is 3.48. The fourth-order valence-corrected chi connectivity index (χ4v) is 7.13. The van der Waals surface area contributed by atoms with Crippen LogP contribution in [0, 0.1) is 17.8 Å². The van der Waals surface area contributed by atoms with E-state index in [1.54, 1.807) is 0 Å². The number of sulfone groups is 1. The molecular formula is C25H34F3N5O4S. The van der Waals surface area contributed by atoms with E-state index in [-0.39, 0.29) is 30.2 Å². The summed E-state index contributed by atoms with van der Waals surface area (Å²) in [6.07, 6.45) is 4.90. The Hall–Kier alpha value is -2.22. The number of hydrogen-bond acceptors (Lipinski definition) is 7. The van der Waals surface area contributed by atoms with Crippen molar-refractivity contribution in [3.05, 3.63) is 29.8 Å². The maximum absolute atomic E-state index is 13.2. The fourth-order valence-electron chi connectivity index (χ4n) is 6.37. The van der Waals surface area contributed by atoms with Gasteiger partial charge in [0.25, 0.3) is 9.84 Å². The number of halogens is 3. The summed E-state index contributed by atoms with van der Waals surface area (Å²) < 4.78 is 61.2. The molecule has 3 heterocycles. The average molecular weight is 558 g/mol. The van der Waals surface area contributed by atoms with Gasteiger partial charge in [0.1, 0.15) is 0 Å². The van der Waals surface area contributed by atoms with Gasteiger partial charge in [-0.15, -0.1) is 0 Å². The molecule has 3 aliphatic heterocycles. The number of alkyl halides is 3. The summed E-state index contributed by atoms with van der Waals surface area (Å²) in [5, 5.41) is 0.